The molecule has 3 aromatic rings. The van der Waals surface area contributed by atoms with E-state index in [1.807, 2.05) is 60.7 Å². The molecule has 0 saturated heterocycles. The van der Waals surface area contributed by atoms with E-state index in [0.717, 1.165) is 30.4 Å². The Bertz CT molecular complexity index is 1290. The van der Waals surface area contributed by atoms with Gasteiger partial charge in [-0.15, -0.1) is 0 Å². The zero-order valence-electron chi connectivity index (χ0n) is 23.6. The standard InChI is InChI=1S/C32H37N3O7/c1-2-3-10-17-33-30(38)27(19-25-15-16-28(42-22-29(36)37)26(18-25)31(39)40)34-32(41)35(20-23-11-6-4-7-12-23)21-24-13-8-5-9-14-24/h4-9,11-16,18,27H,2-3,10,17,19-22H2,1H3,(H,33,38)(H,34,41)(H,36,37)(H,39,40)/t27-/m0/s1. The second-order valence-corrected chi connectivity index (χ2v) is 9.85. The molecule has 0 spiro atoms. The Morgan fingerprint density at radius 1 is 0.833 bits per heavy atom. The highest BCUT2D eigenvalue weighted by Crippen LogP contribution is 2.22. The number of hydrogen-bond donors (Lipinski definition) is 4. The number of carboxylic acids is 2. The van der Waals surface area contributed by atoms with Gasteiger partial charge in [0.25, 0.3) is 0 Å². The number of amides is 3. The molecule has 0 radical (unpaired) electrons. The third kappa shape index (κ3) is 10.3. The van der Waals surface area contributed by atoms with Crippen LogP contribution in [0.5, 0.6) is 5.75 Å². The first-order chi connectivity index (χ1) is 20.3. The lowest BCUT2D eigenvalue weighted by atomic mass is 10.0. The number of urea groups is 1. The molecule has 3 amide bonds. The minimum Gasteiger partial charge on any atom is -0.481 e. The van der Waals surface area contributed by atoms with E-state index in [9.17, 15) is 24.3 Å². The normalized spacial score (nSPS) is 11.3. The van der Waals surface area contributed by atoms with Crippen LogP contribution in [0.15, 0.2) is 78.9 Å². The van der Waals surface area contributed by atoms with Crippen molar-refractivity contribution in [2.24, 2.45) is 0 Å². The van der Waals surface area contributed by atoms with E-state index in [1.165, 1.54) is 12.1 Å². The molecule has 0 fully saturated rings. The summed E-state index contributed by atoms with van der Waals surface area (Å²) in [5.41, 5.74) is 2.07. The van der Waals surface area contributed by atoms with Crippen LogP contribution in [0, 0.1) is 0 Å². The number of nitrogens with zero attached hydrogens (tertiary/aromatic N) is 1. The third-order valence-electron chi connectivity index (χ3n) is 6.48. The Balaban J connectivity index is 1.85. The zero-order chi connectivity index (χ0) is 30.3. The van der Waals surface area contributed by atoms with E-state index in [0.29, 0.717) is 25.2 Å². The van der Waals surface area contributed by atoms with Gasteiger partial charge in [-0.25, -0.2) is 14.4 Å². The minimum atomic E-state index is -1.31. The molecule has 10 heteroatoms. The number of carbonyl (C=O) groups is 4. The number of benzene rings is 3. The van der Waals surface area contributed by atoms with Crippen LogP contribution in [0.25, 0.3) is 0 Å². The number of aromatic carboxylic acids is 1. The average molecular weight is 576 g/mol. The van der Waals surface area contributed by atoms with Crippen LogP contribution in [-0.2, 0) is 29.1 Å². The van der Waals surface area contributed by atoms with Crippen LogP contribution in [0.2, 0.25) is 0 Å². The summed E-state index contributed by atoms with van der Waals surface area (Å²) in [5.74, 6) is -3.04. The summed E-state index contributed by atoms with van der Waals surface area (Å²) in [5, 5.41) is 24.3. The Labute approximate surface area is 245 Å². The number of carboxylic acid groups (broad SMARTS) is 2. The predicted molar refractivity (Wildman–Crippen MR) is 157 cm³/mol. The van der Waals surface area contributed by atoms with Crippen LogP contribution in [0.3, 0.4) is 0 Å². The van der Waals surface area contributed by atoms with Gasteiger partial charge in [0.05, 0.1) is 0 Å². The van der Waals surface area contributed by atoms with Crippen molar-refractivity contribution in [3.63, 3.8) is 0 Å². The van der Waals surface area contributed by atoms with Crippen LogP contribution >= 0.6 is 0 Å². The van der Waals surface area contributed by atoms with Crippen LogP contribution in [0.1, 0.15) is 53.2 Å². The fourth-order valence-corrected chi connectivity index (χ4v) is 4.34. The lowest BCUT2D eigenvalue weighted by molar-refractivity contribution is -0.139. The number of unbranched alkanes of at least 4 members (excludes halogenated alkanes) is 2. The highest BCUT2D eigenvalue weighted by molar-refractivity contribution is 5.91. The van der Waals surface area contributed by atoms with Gasteiger partial charge in [-0.2, -0.15) is 0 Å². The Hall–Kier alpha value is -4.86. The summed E-state index contributed by atoms with van der Waals surface area (Å²) in [6.07, 6.45) is 2.72. The van der Waals surface area contributed by atoms with Crippen molar-refractivity contribution in [1.82, 2.24) is 15.5 Å². The molecule has 0 heterocycles. The number of ether oxygens (including phenoxy) is 1. The van der Waals surface area contributed by atoms with E-state index in [1.54, 1.807) is 11.0 Å². The van der Waals surface area contributed by atoms with E-state index in [2.05, 4.69) is 17.6 Å². The monoisotopic (exact) mass is 575 g/mol. The van der Waals surface area contributed by atoms with Gasteiger partial charge in [-0.05, 0) is 35.2 Å². The number of nitrogens with one attached hydrogen (secondary N) is 2. The molecule has 222 valence electrons. The van der Waals surface area contributed by atoms with Gasteiger partial charge < -0.3 is 30.5 Å². The Morgan fingerprint density at radius 3 is 2.00 bits per heavy atom. The van der Waals surface area contributed by atoms with Gasteiger partial charge in [-0.1, -0.05) is 86.5 Å². The lowest BCUT2D eigenvalue weighted by Gasteiger charge is -2.27. The molecule has 3 rings (SSSR count). The van der Waals surface area contributed by atoms with Crippen molar-refractivity contribution in [2.75, 3.05) is 13.2 Å². The topological polar surface area (TPSA) is 145 Å². The fraction of sp³-hybridized carbons (Fsp3) is 0.312. The maximum Gasteiger partial charge on any atom is 0.341 e. The number of rotatable bonds is 16. The van der Waals surface area contributed by atoms with Crippen molar-refractivity contribution in [3.05, 3.63) is 101 Å². The largest absolute Gasteiger partial charge is 0.481 e. The van der Waals surface area contributed by atoms with Crippen molar-refractivity contribution in [2.45, 2.75) is 51.7 Å². The number of carbonyl (C=O) groups excluding carboxylic acids is 2. The molecular formula is C32H37N3O7. The summed E-state index contributed by atoms with van der Waals surface area (Å²) < 4.78 is 5.12. The molecule has 0 aromatic heterocycles. The molecule has 0 aliphatic rings. The van der Waals surface area contributed by atoms with Crippen molar-refractivity contribution < 1.29 is 34.1 Å². The van der Waals surface area contributed by atoms with Crippen molar-refractivity contribution in [3.8, 4) is 5.75 Å². The molecule has 3 aromatic carbocycles. The predicted octanol–water partition coefficient (Wildman–Crippen LogP) is 4.48. The second kappa shape index (κ2) is 16.4. The van der Waals surface area contributed by atoms with Gasteiger partial charge in [-0.3, -0.25) is 4.79 Å². The lowest BCUT2D eigenvalue weighted by Crippen LogP contribution is -2.52. The highest BCUT2D eigenvalue weighted by Gasteiger charge is 2.25. The maximum absolute atomic E-state index is 13.7. The fourth-order valence-electron chi connectivity index (χ4n) is 4.34. The summed E-state index contributed by atoms with van der Waals surface area (Å²) >= 11 is 0. The van der Waals surface area contributed by atoms with E-state index in [4.69, 9.17) is 9.84 Å². The van der Waals surface area contributed by atoms with Gasteiger partial charge in [0.15, 0.2) is 6.61 Å². The molecule has 0 unspecified atom stereocenters. The van der Waals surface area contributed by atoms with Gasteiger partial charge >= 0.3 is 18.0 Å². The zero-order valence-corrected chi connectivity index (χ0v) is 23.6. The van der Waals surface area contributed by atoms with Crippen LogP contribution in [-0.4, -0.2) is 58.2 Å². The second-order valence-electron chi connectivity index (χ2n) is 9.85. The summed E-state index contributed by atoms with van der Waals surface area (Å²) in [6.45, 7) is 2.43. The first-order valence-electron chi connectivity index (χ1n) is 13.9. The molecule has 0 saturated carbocycles. The molecule has 0 aliphatic carbocycles. The van der Waals surface area contributed by atoms with Crippen molar-refractivity contribution in [1.29, 1.82) is 0 Å². The molecule has 10 nitrogen and oxygen atoms in total. The van der Waals surface area contributed by atoms with Gasteiger partial charge in [0.2, 0.25) is 5.91 Å². The highest BCUT2D eigenvalue weighted by atomic mass is 16.5. The maximum atomic E-state index is 13.7. The van der Waals surface area contributed by atoms with Crippen LogP contribution < -0.4 is 15.4 Å². The first kappa shape index (κ1) is 31.7. The number of hydrogen-bond acceptors (Lipinski definition) is 5. The van der Waals surface area contributed by atoms with E-state index >= 15 is 0 Å². The van der Waals surface area contributed by atoms with Crippen LogP contribution in [0.4, 0.5) is 4.79 Å². The third-order valence-corrected chi connectivity index (χ3v) is 6.48. The van der Waals surface area contributed by atoms with E-state index in [-0.39, 0.29) is 23.6 Å². The Kier molecular flexibility index (Phi) is 12.4. The summed E-state index contributed by atoms with van der Waals surface area (Å²) in [7, 11) is 0. The smallest absolute Gasteiger partial charge is 0.341 e. The number of aliphatic carboxylic acids is 1. The molecule has 1 atom stereocenters. The summed E-state index contributed by atoms with van der Waals surface area (Å²) in [4.78, 5) is 51.4. The molecule has 0 aliphatic heterocycles. The quantitative estimate of drug-likeness (QED) is 0.184. The molecule has 42 heavy (non-hydrogen) atoms. The first-order valence-corrected chi connectivity index (χ1v) is 13.9. The van der Waals surface area contributed by atoms with Gasteiger partial charge in [0.1, 0.15) is 17.4 Å². The average Bonchev–Trinajstić information content (AvgIpc) is 2.98. The summed E-state index contributed by atoms with van der Waals surface area (Å²) in [6, 6.07) is 21.8. The molecule has 4 N–H and O–H groups in total. The van der Waals surface area contributed by atoms with Crippen molar-refractivity contribution >= 4 is 23.9 Å². The van der Waals surface area contributed by atoms with E-state index < -0.39 is 30.6 Å². The Morgan fingerprint density at radius 2 is 1.45 bits per heavy atom. The minimum absolute atomic E-state index is 0.00928. The molecule has 0 bridgehead atoms. The SMILES string of the molecule is CCCCCNC(=O)[C@H](Cc1ccc(OCC(=O)O)c(C(=O)O)c1)NC(=O)N(Cc1ccccc1)Cc1ccccc1. The molecular weight excluding hydrogens is 538 g/mol. The van der Waals surface area contributed by atoms with Gasteiger partial charge in [0, 0.05) is 26.1 Å².